The van der Waals surface area contributed by atoms with Crippen LogP contribution in [0.1, 0.15) is 31.7 Å². The molecule has 1 heterocycles. The van der Waals surface area contributed by atoms with Crippen LogP contribution in [0.3, 0.4) is 0 Å². The summed E-state index contributed by atoms with van der Waals surface area (Å²) in [7, 11) is 0. The van der Waals surface area contributed by atoms with E-state index in [0.717, 1.165) is 29.8 Å². The quantitative estimate of drug-likeness (QED) is 0.722. The molecule has 142 valence electrons. The van der Waals surface area contributed by atoms with E-state index in [1.807, 2.05) is 54.6 Å². The van der Waals surface area contributed by atoms with E-state index in [1.54, 1.807) is 4.90 Å². The van der Waals surface area contributed by atoms with E-state index in [0.29, 0.717) is 19.7 Å². The van der Waals surface area contributed by atoms with E-state index in [1.165, 1.54) is 0 Å². The molecule has 1 N–H and O–H groups in total. The lowest BCUT2D eigenvalue weighted by Crippen LogP contribution is -2.28. The van der Waals surface area contributed by atoms with Crippen molar-refractivity contribution in [1.82, 2.24) is 4.90 Å². The Bertz CT molecular complexity index is 759. The molecule has 1 aliphatic rings. The van der Waals surface area contributed by atoms with Gasteiger partial charge in [0.2, 0.25) is 11.8 Å². The minimum Gasteiger partial charge on any atom is -0.494 e. The number of benzene rings is 2. The molecule has 1 aliphatic heterocycles. The fraction of sp³-hybridized carbons (Fsp3) is 0.364. The second-order valence-corrected chi connectivity index (χ2v) is 6.88. The van der Waals surface area contributed by atoms with Gasteiger partial charge in [0.15, 0.2) is 0 Å². The molecule has 5 nitrogen and oxygen atoms in total. The van der Waals surface area contributed by atoms with Crippen LogP contribution < -0.4 is 10.1 Å². The lowest BCUT2D eigenvalue weighted by atomic mass is 10.1. The Labute approximate surface area is 160 Å². The molecular weight excluding hydrogens is 340 g/mol. The number of hydrogen-bond donors (Lipinski definition) is 1. The third-order valence-corrected chi connectivity index (χ3v) is 4.69. The van der Waals surface area contributed by atoms with Crippen LogP contribution >= 0.6 is 0 Å². The Morgan fingerprint density at radius 1 is 1.15 bits per heavy atom. The van der Waals surface area contributed by atoms with Gasteiger partial charge in [0.25, 0.3) is 0 Å². The largest absolute Gasteiger partial charge is 0.494 e. The molecule has 1 saturated heterocycles. The molecule has 2 amide bonds. The first-order valence-corrected chi connectivity index (χ1v) is 9.51. The summed E-state index contributed by atoms with van der Waals surface area (Å²) in [5.74, 6) is 0.394. The molecular formula is C22H26N2O3. The molecule has 0 unspecified atom stereocenters. The number of carbonyl (C=O) groups excluding carboxylic acids is 2. The first-order chi connectivity index (χ1) is 13.2. The zero-order chi connectivity index (χ0) is 19.1. The zero-order valence-electron chi connectivity index (χ0n) is 15.7. The summed E-state index contributed by atoms with van der Waals surface area (Å²) >= 11 is 0. The fourth-order valence-electron chi connectivity index (χ4n) is 3.12. The molecule has 0 aliphatic carbocycles. The summed E-state index contributed by atoms with van der Waals surface area (Å²) in [5, 5.41) is 2.91. The van der Waals surface area contributed by atoms with Gasteiger partial charge in [-0.1, -0.05) is 43.7 Å². The van der Waals surface area contributed by atoms with Crippen LogP contribution in [0.2, 0.25) is 0 Å². The fourth-order valence-corrected chi connectivity index (χ4v) is 3.12. The number of amides is 2. The van der Waals surface area contributed by atoms with Crippen LogP contribution in [0, 0.1) is 5.92 Å². The van der Waals surface area contributed by atoms with Crippen molar-refractivity contribution in [1.29, 1.82) is 0 Å². The first-order valence-electron chi connectivity index (χ1n) is 9.51. The number of hydrogen-bond acceptors (Lipinski definition) is 3. The van der Waals surface area contributed by atoms with Crippen molar-refractivity contribution in [2.45, 2.75) is 32.7 Å². The maximum absolute atomic E-state index is 12.5. The van der Waals surface area contributed by atoms with Crippen molar-refractivity contribution in [3.05, 3.63) is 60.2 Å². The van der Waals surface area contributed by atoms with Gasteiger partial charge in [-0.05, 0) is 36.2 Å². The van der Waals surface area contributed by atoms with E-state index in [9.17, 15) is 9.59 Å². The molecule has 27 heavy (non-hydrogen) atoms. The van der Waals surface area contributed by atoms with Gasteiger partial charge in [0.05, 0.1) is 12.5 Å². The third kappa shape index (κ3) is 5.33. The van der Waals surface area contributed by atoms with Gasteiger partial charge in [-0.3, -0.25) is 9.59 Å². The number of nitrogens with one attached hydrogen (secondary N) is 1. The van der Waals surface area contributed by atoms with Crippen LogP contribution in [0.15, 0.2) is 54.6 Å². The summed E-state index contributed by atoms with van der Waals surface area (Å²) < 4.78 is 5.63. The molecule has 0 saturated carbocycles. The van der Waals surface area contributed by atoms with Gasteiger partial charge in [-0.2, -0.15) is 0 Å². The predicted octanol–water partition coefficient (Wildman–Crippen LogP) is 3.85. The number of rotatable bonds is 8. The molecule has 1 fully saturated rings. The van der Waals surface area contributed by atoms with Gasteiger partial charge >= 0.3 is 0 Å². The second kappa shape index (κ2) is 9.21. The zero-order valence-corrected chi connectivity index (χ0v) is 15.7. The standard InChI is InChI=1S/C22H26N2O3/c1-2-3-13-27-20-11-9-19(10-12-20)23-22(26)18-14-21(25)24(16-18)15-17-7-5-4-6-8-17/h4-12,18H,2-3,13-16H2,1H3,(H,23,26)/t18-/m0/s1. The average molecular weight is 366 g/mol. The predicted molar refractivity (Wildman–Crippen MR) is 105 cm³/mol. The highest BCUT2D eigenvalue weighted by Crippen LogP contribution is 2.23. The van der Waals surface area contributed by atoms with Crippen molar-refractivity contribution in [3.63, 3.8) is 0 Å². The van der Waals surface area contributed by atoms with Gasteiger partial charge < -0.3 is 15.0 Å². The Morgan fingerprint density at radius 2 is 1.89 bits per heavy atom. The molecule has 0 radical (unpaired) electrons. The number of ether oxygens (including phenoxy) is 1. The van der Waals surface area contributed by atoms with Crippen molar-refractivity contribution in [2.75, 3.05) is 18.5 Å². The van der Waals surface area contributed by atoms with Crippen LogP contribution in [-0.2, 0) is 16.1 Å². The molecule has 0 bridgehead atoms. The monoisotopic (exact) mass is 366 g/mol. The molecule has 2 aromatic rings. The van der Waals surface area contributed by atoms with E-state index < -0.39 is 0 Å². The van der Waals surface area contributed by atoms with Crippen molar-refractivity contribution >= 4 is 17.5 Å². The summed E-state index contributed by atoms with van der Waals surface area (Å²) in [5.41, 5.74) is 1.79. The number of likely N-dealkylation sites (tertiary alicyclic amines) is 1. The third-order valence-electron chi connectivity index (χ3n) is 4.69. The molecule has 5 heteroatoms. The van der Waals surface area contributed by atoms with E-state index in [-0.39, 0.29) is 24.2 Å². The van der Waals surface area contributed by atoms with E-state index in [2.05, 4.69) is 12.2 Å². The lowest BCUT2D eigenvalue weighted by Gasteiger charge is -2.16. The average Bonchev–Trinajstić information content (AvgIpc) is 3.05. The van der Waals surface area contributed by atoms with Gasteiger partial charge in [0.1, 0.15) is 5.75 Å². The maximum Gasteiger partial charge on any atom is 0.229 e. The number of nitrogens with zero attached hydrogens (tertiary/aromatic N) is 1. The highest BCUT2D eigenvalue weighted by atomic mass is 16.5. The summed E-state index contributed by atoms with van der Waals surface area (Å²) in [4.78, 5) is 26.5. The normalized spacial score (nSPS) is 16.4. The van der Waals surface area contributed by atoms with Crippen molar-refractivity contribution in [3.8, 4) is 5.75 Å². The highest BCUT2D eigenvalue weighted by Gasteiger charge is 2.34. The van der Waals surface area contributed by atoms with Gasteiger partial charge in [0, 0.05) is 25.2 Å². The van der Waals surface area contributed by atoms with E-state index >= 15 is 0 Å². The van der Waals surface area contributed by atoms with Crippen LogP contribution in [-0.4, -0.2) is 29.9 Å². The Morgan fingerprint density at radius 3 is 2.59 bits per heavy atom. The Hall–Kier alpha value is -2.82. The van der Waals surface area contributed by atoms with Gasteiger partial charge in [-0.25, -0.2) is 0 Å². The number of unbranched alkanes of at least 4 members (excludes halogenated alkanes) is 1. The second-order valence-electron chi connectivity index (χ2n) is 6.88. The summed E-state index contributed by atoms with van der Waals surface area (Å²) in [6.07, 6.45) is 2.38. The molecule has 0 aromatic heterocycles. The summed E-state index contributed by atoms with van der Waals surface area (Å²) in [6, 6.07) is 17.2. The highest BCUT2D eigenvalue weighted by molar-refractivity contribution is 5.97. The van der Waals surface area contributed by atoms with Crippen LogP contribution in [0.25, 0.3) is 0 Å². The minimum absolute atomic E-state index is 0.0266. The minimum atomic E-state index is -0.318. The number of anilines is 1. The maximum atomic E-state index is 12.5. The van der Waals surface area contributed by atoms with Gasteiger partial charge in [-0.15, -0.1) is 0 Å². The van der Waals surface area contributed by atoms with Crippen LogP contribution in [0.5, 0.6) is 5.75 Å². The van der Waals surface area contributed by atoms with Crippen molar-refractivity contribution < 1.29 is 14.3 Å². The Kier molecular flexibility index (Phi) is 6.47. The summed E-state index contributed by atoms with van der Waals surface area (Å²) in [6.45, 7) is 3.82. The lowest BCUT2D eigenvalue weighted by molar-refractivity contribution is -0.128. The topological polar surface area (TPSA) is 58.6 Å². The van der Waals surface area contributed by atoms with E-state index in [4.69, 9.17) is 4.74 Å². The van der Waals surface area contributed by atoms with Crippen molar-refractivity contribution in [2.24, 2.45) is 5.92 Å². The number of carbonyl (C=O) groups is 2. The smallest absolute Gasteiger partial charge is 0.229 e. The SMILES string of the molecule is CCCCOc1ccc(NC(=O)[C@H]2CC(=O)N(Cc3ccccc3)C2)cc1. The Balaban J connectivity index is 1.51. The van der Waals surface area contributed by atoms with Crippen LogP contribution in [0.4, 0.5) is 5.69 Å². The molecule has 3 rings (SSSR count). The molecule has 0 spiro atoms. The first kappa shape index (κ1) is 19.0. The molecule has 2 aromatic carbocycles. The molecule has 1 atom stereocenters.